The average Bonchev–Trinajstić information content (AvgIpc) is 3.13. The van der Waals surface area contributed by atoms with Crippen LogP contribution in [0.2, 0.25) is 0 Å². The first kappa shape index (κ1) is 18.8. The van der Waals surface area contributed by atoms with E-state index in [1.165, 1.54) is 11.1 Å². The summed E-state index contributed by atoms with van der Waals surface area (Å²) < 4.78 is 2.11. The summed E-state index contributed by atoms with van der Waals surface area (Å²) in [5.41, 5.74) is 5.71. The van der Waals surface area contributed by atoms with Crippen LogP contribution in [-0.4, -0.2) is 39.1 Å². The SMILES string of the molecule is CCc1cc(C2=CC(=O)N3C=C(C4CCNCC4)C=CC3P2)cn2cc(C)nc12. The number of hydrogen-bond acceptors (Lipinski definition) is 3. The second kappa shape index (κ2) is 7.55. The van der Waals surface area contributed by atoms with Gasteiger partial charge in [0.05, 0.1) is 11.5 Å². The van der Waals surface area contributed by atoms with Crippen LogP contribution in [0.3, 0.4) is 0 Å². The van der Waals surface area contributed by atoms with Gasteiger partial charge in [-0.3, -0.25) is 4.79 Å². The normalized spacial score (nSPS) is 23.4. The van der Waals surface area contributed by atoms with Crippen LogP contribution in [0.15, 0.2) is 48.5 Å². The van der Waals surface area contributed by atoms with E-state index in [1.807, 2.05) is 17.9 Å². The van der Waals surface area contributed by atoms with E-state index in [9.17, 15) is 4.79 Å². The molecule has 1 saturated heterocycles. The average molecular weight is 406 g/mol. The van der Waals surface area contributed by atoms with Gasteiger partial charge in [-0.05, 0) is 73.3 Å². The van der Waals surface area contributed by atoms with Crippen molar-refractivity contribution in [3.63, 3.8) is 0 Å². The van der Waals surface area contributed by atoms with Crippen LogP contribution in [-0.2, 0) is 11.2 Å². The Hall–Kier alpha value is -2.23. The molecule has 3 aliphatic heterocycles. The van der Waals surface area contributed by atoms with Gasteiger partial charge in [0, 0.05) is 24.7 Å². The minimum absolute atomic E-state index is 0.0968. The molecule has 0 radical (unpaired) electrons. The number of nitrogens with zero attached hydrogens (tertiary/aromatic N) is 3. The minimum Gasteiger partial charge on any atom is -0.317 e. The lowest BCUT2D eigenvalue weighted by Crippen LogP contribution is -2.37. The van der Waals surface area contributed by atoms with Gasteiger partial charge in [0.1, 0.15) is 5.65 Å². The van der Waals surface area contributed by atoms with Crippen LogP contribution in [0, 0.1) is 12.8 Å². The molecule has 150 valence electrons. The molecule has 1 N–H and O–H groups in total. The number of fused-ring (bicyclic) bond motifs is 2. The van der Waals surface area contributed by atoms with E-state index in [-0.39, 0.29) is 11.7 Å². The van der Waals surface area contributed by atoms with Gasteiger partial charge in [0.15, 0.2) is 0 Å². The number of nitrogens with one attached hydrogen (secondary N) is 1. The Morgan fingerprint density at radius 3 is 2.90 bits per heavy atom. The third-order valence-corrected chi connectivity index (χ3v) is 7.65. The van der Waals surface area contributed by atoms with E-state index in [0.717, 1.165) is 54.6 Å². The van der Waals surface area contributed by atoms with Crippen molar-refractivity contribution in [1.82, 2.24) is 19.6 Å². The number of carbonyl (C=O) groups excluding carboxylic acids is 1. The van der Waals surface area contributed by atoms with Crippen molar-refractivity contribution in [2.45, 2.75) is 38.9 Å². The lowest BCUT2D eigenvalue weighted by atomic mass is 9.89. The van der Waals surface area contributed by atoms with Crippen LogP contribution in [0.5, 0.6) is 0 Å². The largest absolute Gasteiger partial charge is 0.317 e. The molecule has 1 fully saturated rings. The van der Waals surface area contributed by atoms with Crippen LogP contribution in [0.1, 0.15) is 36.6 Å². The van der Waals surface area contributed by atoms with E-state index in [4.69, 9.17) is 0 Å². The summed E-state index contributed by atoms with van der Waals surface area (Å²) in [7, 11) is 0.549. The molecule has 2 unspecified atom stereocenters. The number of piperidine rings is 1. The Kier molecular flexibility index (Phi) is 4.89. The number of amides is 1. The van der Waals surface area contributed by atoms with Gasteiger partial charge >= 0.3 is 0 Å². The van der Waals surface area contributed by atoms with Crippen molar-refractivity contribution in [2.75, 3.05) is 13.1 Å². The first-order chi connectivity index (χ1) is 14.1. The number of imidazole rings is 1. The lowest BCUT2D eigenvalue weighted by Gasteiger charge is -2.36. The molecule has 0 bridgehead atoms. The highest BCUT2D eigenvalue weighted by molar-refractivity contribution is 7.51. The maximum Gasteiger partial charge on any atom is 0.252 e. The fourth-order valence-corrected chi connectivity index (χ4v) is 5.92. The van der Waals surface area contributed by atoms with Gasteiger partial charge in [-0.2, -0.15) is 0 Å². The Morgan fingerprint density at radius 1 is 1.28 bits per heavy atom. The van der Waals surface area contributed by atoms with Gasteiger partial charge in [-0.25, -0.2) is 4.98 Å². The number of hydrogen-bond donors (Lipinski definition) is 1. The number of aromatic nitrogens is 2. The molecule has 2 aromatic rings. The Bertz CT molecular complexity index is 1060. The third-order valence-electron chi connectivity index (χ3n) is 6.13. The molecule has 29 heavy (non-hydrogen) atoms. The smallest absolute Gasteiger partial charge is 0.252 e. The number of pyridine rings is 1. The van der Waals surface area contributed by atoms with Crippen molar-refractivity contribution in [3.8, 4) is 0 Å². The van der Waals surface area contributed by atoms with Crippen LogP contribution >= 0.6 is 8.58 Å². The number of rotatable bonds is 3. The molecule has 5 heterocycles. The van der Waals surface area contributed by atoms with Gasteiger partial charge in [-0.1, -0.05) is 27.7 Å². The highest BCUT2D eigenvalue weighted by atomic mass is 31.1. The zero-order valence-electron chi connectivity index (χ0n) is 17.0. The van der Waals surface area contributed by atoms with Crippen molar-refractivity contribution in [2.24, 2.45) is 5.92 Å². The molecule has 2 aromatic heterocycles. The van der Waals surface area contributed by atoms with E-state index in [2.05, 4.69) is 58.4 Å². The van der Waals surface area contributed by atoms with E-state index >= 15 is 0 Å². The molecule has 1 amide bonds. The van der Waals surface area contributed by atoms with Gasteiger partial charge in [0.25, 0.3) is 5.91 Å². The van der Waals surface area contributed by atoms with Crippen LogP contribution in [0.4, 0.5) is 0 Å². The summed E-state index contributed by atoms with van der Waals surface area (Å²) in [6.45, 7) is 6.31. The minimum atomic E-state index is 0.0968. The van der Waals surface area contributed by atoms with Crippen LogP contribution in [0.25, 0.3) is 11.0 Å². The van der Waals surface area contributed by atoms with Gasteiger partial charge in [-0.15, -0.1) is 0 Å². The maximum absolute atomic E-state index is 13.0. The molecule has 6 heteroatoms. The fourth-order valence-electron chi connectivity index (χ4n) is 4.56. The molecule has 5 nitrogen and oxygen atoms in total. The molecule has 0 aromatic carbocycles. The molecule has 2 atom stereocenters. The molecule has 3 aliphatic rings. The number of aryl methyl sites for hydroxylation is 2. The predicted molar refractivity (Wildman–Crippen MR) is 119 cm³/mol. The third kappa shape index (κ3) is 3.47. The molecular formula is C23H27N4OP. The molecule has 5 rings (SSSR count). The summed E-state index contributed by atoms with van der Waals surface area (Å²) in [6, 6.07) is 2.21. The van der Waals surface area contributed by atoms with Gasteiger partial charge < -0.3 is 14.6 Å². The highest BCUT2D eigenvalue weighted by Crippen LogP contribution is 2.45. The fraction of sp³-hybridized carbons (Fsp3) is 0.391. The van der Waals surface area contributed by atoms with E-state index in [0.29, 0.717) is 14.5 Å². The second-order valence-electron chi connectivity index (χ2n) is 8.13. The van der Waals surface area contributed by atoms with E-state index in [1.54, 1.807) is 0 Å². The molecular weight excluding hydrogens is 379 g/mol. The standard InChI is InChI=1S/C23H27N4OP/c1-3-16-10-19(13-26-12-15(2)25-23(16)26)20-11-21(28)27-14-18(4-5-22(27)29-20)17-6-8-24-9-7-17/h4-5,10-14,17,22,24,29H,3,6-9H2,1-2H3. The first-order valence-corrected chi connectivity index (χ1v) is 11.6. The Labute approximate surface area is 173 Å². The quantitative estimate of drug-likeness (QED) is 0.788. The molecule has 0 spiro atoms. The molecule has 0 aliphatic carbocycles. The summed E-state index contributed by atoms with van der Waals surface area (Å²) in [5.74, 6) is 0.798. The van der Waals surface area contributed by atoms with Crippen LogP contribution < -0.4 is 5.32 Å². The number of carbonyl (C=O) groups is 1. The zero-order chi connectivity index (χ0) is 20.0. The number of allylic oxidation sites excluding steroid dienone is 2. The first-order valence-electron chi connectivity index (χ1n) is 10.5. The zero-order valence-corrected chi connectivity index (χ0v) is 18.0. The molecule has 0 saturated carbocycles. The predicted octanol–water partition coefficient (Wildman–Crippen LogP) is 3.85. The van der Waals surface area contributed by atoms with Crippen molar-refractivity contribution >= 4 is 25.4 Å². The van der Waals surface area contributed by atoms with E-state index < -0.39 is 0 Å². The van der Waals surface area contributed by atoms with Crippen molar-refractivity contribution in [3.05, 3.63) is 65.3 Å². The second-order valence-corrected chi connectivity index (χ2v) is 9.54. The van der Waals surface area contributed by atoms with Gasteiger partial charge in [0.2, 0.25) is 0 Å². The van der Waals surface area contributed by atoms with Crippen molar-refractivity contribution in [1.29, 1.82) is 0 Å². The Balaban J connectivity index is 1.46. The summed E-state index contributed by atoms with van der Waals surface area (Å²) in [5, 5.41) is 4.56. The van der Waals surface area contributed by atoms with Crippen molar-refractivity contribution < 1.29 is 4.79 Å². The summed E-state index contributed by atoms with van der Waals surface area (Å²) in [4.78, 5) is 19.6. The summed E-state index contributed by atoms with van der Waals surface area (Å²) >= 11 is 0. The topological polar surface area (TPSA) is 49.6 Å². The summed E-state index contributed by atoms with van der Waals surface area (Å²) in [6.07, 6.45) is 15.9. The Morgan fingerprint density at radius 2 is 2.10 bits per heavy atom. The highest BCUT2D eigenvalue weighted by Gasteiger charge is 2.30. The lowest BCUT2D eigenvalue weighted by molar-refractivity contribution is -0.123. The monoisotopic (exact) mass is 406 g/mol. The maximum atomic E-state index is 13.0.